The van der Waals surface area contributed by atoms with Crippen molar-refractivity contribution < 1.29 is 48.9 Å². The third kappa shape index (κ3) is 11.7. The Bertz CT molecular complexity index is 781. The van der Waals surface area contributed by atoms with Gasteiger partial charge in [0.2, 0.25) is 11.8 Å². The second kappa shape index (κ2) is 15.6. The fraction of sp³-hybridized carbons (Fsp3) is 0.364. The third-order valence-electron chi connectivity index (χ3n) is 3.79. The minimum absolute atomic E-state index is 0. The van der Waals surface area contributed by atoms with Gasteiger partial charge in [0.25, 0.3) is 0 Å². The zero-order valence-electron chi connectivity index (χ0n) is 17.4. The summed E-state index contributed by atoms with van der Waals surface area (Å²) in [6.07, 6.45) is 3.97. The molecule has 2 N–H and O–H groups in total. The normalized spacial score (nSPS) is 9.74. The molecule has 0 bridgehead atoms. The van der Waals surface area contributed by atoms with Gasteiger partial charge in [-0.2, -0.15) is 0 Å². The topological polar surface area (TPSA) is 58.2 Å². The van der Waals surface area contributed by atoms with Gasteiger partial charge in [-0.3, -0.25) is 9.59 Å². The van der Waals surface area contributed by atoms with E-state index in [0.29, 0.717) is 12.8 Å². The number of anilines is 2. The quantitative estimate of drug-likeness (QED) is 0.291. The first kappa shape index (κ1) is 28.8. The minimum atomic E-state index is -0.875. The monoisotopic (exact) mass is 472 g/mol. The SMILES string of the molecule is CCCCC(=O)Nc1ccc(F)[c-]c1F.CCCCC(=O)Nc1ccc(F)[c-]c1F.[Ti+2]. The summed E-state index contributed by atoms with van der Waals surface area (Å²) in [6, 6.07) is 8.18. The van der Waals surface area contributed by atoms with Crippen LogP contribution < -0.4 is 10.6 Å². The van der Waals surface area contributed by atoms with Crippen LogP contribution in [-0.4, -0.2) is 11.8 Å². The van der Waals surface area contributed by atoms with Gasteiger partial charge in [-0.25, -0.2) is 17.6 Å². The Kier molecular flexibility index (Phi) is 14.5. The smallest absolute Gasteiger partial charge is 0.377 e. The molecule has 4 nitrogen and oxygen atoms in total. The molecule has 2 aromatic rings. The number of carbonyl (C=O) groups is 2. The van der Waals surface area contributed by atoms with Crippen LogP contribution in [0.1, 0.15) is 52.4 Å². The summed E-state index contributed by atoms with van der Waals surface area (Å²) >= 11 is 0. The molecule has 0 atom stereocenters. The number of hydrogen-bond donors (Lipinski definition) is 2. The summed E-state index contributed by atoms with van der Waals surface area (Å²) in [4.78, 5) is 22.4. The number of rotatable bonds is 8. The molecule has 0 spiro atoms. The van der Waals surface area contributed by atoms with Crippen LogP contribution in [0, 0.1) is 35.4 Å². The van der Waals surface area contributed by atoms with Crippen molar-refractivity contribution in [1.29, 1.82) is 0 Å². The summed E-state index contributed by atoms with van der Waals surface area (Å²) in [5.74, 6) is -3.84. The summed E-state index contributed by atoms with van der Waals surface area (Å²) in [6.45, 7) is 3.92. The molecule has 0 unspecified atom stereocenters. The van der Waals surface area contributed by atoms with Crippen molar-refractivity contribution >= 4 is 23.2 Å². The molecule has 0 aliphatic rings. The standard InChI is InChI=1S/2C11H12F2NO.Ti/c2*1-2-3-4-11(15)14-10-6-5-8(12)7-9(10)13;/h2*5-6H,2-4H2,1H3,(H,14,15);/q2*-1;+2. The van der Waals surface area contributed by atoms with E-state index in [9.17, 15) is 27.2 Å². The van der Waals surface area contributed by atoms with E-state index in [1.807, 2.05) is 26.0 Å². The van der Waals surface area contributed by atoms with Crippen molar-refractivity contribution in [2.75, 3.05) is 10.6 Å². The molecule has 31 heavy (non-hydrogen) atoms. The van der Waals surface area contributed by atoms with E-state index in [-0.39, 0.29) is 44.9 Å². The van der Waals surface area contributed by atoms with Crippen LogP contribution in [0.2, 0.25) is 0 Å². The molecular formula is C22H24F4N2O2Ti. The maximum Gasteiger partial charge on any atom is 2.00 e. The maximum absolute atomic E-state index is 13.0. The molecule has 0 saturated heterocycles. The number of halogens is 4. The number of hydrogen-bond acceptors (Lipinski definition) is 2. The van der Waals surface area contributed by atoms with E-state index in [4.69, 9.17) is 0 Å². The van der Waals surface area contributed by atoms with E-state index in [0.717, 1.165) is 37.8 Å². The van der Waals surface area contributed by atoms with Crippen LogP contribution in [0.25, 0.3) is 0 Å². The summed E-state index contributed by atoms with van der Waals surface area (Å²) in [7, 11) is 0. The molecule has 0 aliphatic heterocycles. The van der Waals surface area contributed by atoms with E-state index in [2.05, 4.69) is 10.6 Å². The summed E-state index contributed by atoms with van der Waals surface area (Å²) in [5.41, 5.74) is -0.0602. The summed E-state index contributed by atoms with van der Waals surface area (Å²) in [5, 5.41) is 4.72. The predicted molar refractivity (Wildman–Crippen MR) is 107 cm³/mol. The average Bonchev–Trinajstić information content (AvgIpc) is 2.69. The molecule has 0 fully saturated rings. The Morgan fingerprint density at radius 3 is 1.39 bits per heavy atom. The largest absolute Gasteiger partial charge is 2.00 e. The van der Waals surface area contributed by atoms with E-state index >= 15 is 0 Å². The van der Waals surface area contributed by atoms with Crippen molar-refractivity contribution in [2.24, 2.45) is 0 Å². The number of carbonyl (C=O) groups excluding carboxylic acids is 2. The fourth-order valence-corrected chi connectivity index (χ4v) is 2.18. The minimum Gasteiger partial charge on any atom is -0.377 e. The van der Waals surface area contributed by atoms with Crippen LogP contribution in [0.5, 0.6) is 0 Å². The molecule has 0 aliphatic carbocycles. The van der Waals surface area contributed by atoms with Crippen LogP contribution in [0.15, 0.2) is 24.3 Å². The van der Waals surface area contributed by atoms with E-state index in [1.54, 1.807) is 0 Å². The van der Waals surface area contributed by atoms with Gasteiger partial charge < -0.3 is 10.6 Å². The Labute approximate surface area is 194 Å². The molecular weight excluding hydrogens is 448 g/mol. The van der Waals surface area contributed by atoms with Gasteiger partial charge in [0, 0.05) is 36.1 Å². The Morgan fingerprint density at radius 1 is 0.742 bits per heavy atom. The summed E-state index contributed by atoms with van der Waals surface area (Å²) < 4.78 is 51.0. The van der Waals surface area contributed by atoms with Crippen LogP contribution in [0.3, 0.4) is 0 Å². The first-order valence-electron chi connectivity index (χ1n) is 9.61. The third-order valence-corrected chi connectivity index (χ3v) is 3.79. The molecule has 2 rings (SSSR count). The van der Waals surface area contributed by atoms with Crippen molar-refractivity contribution in [3.05, 3.63) is 59.7 Å². The molecule has 0 aromatic heterocycles. The van der Waals surface area contributed by atoms with Crippen LogP contribution in [0.4, 0.5) is 28.9 Å². The number of nitrogens with one attached hydrogen (secondary N) is 2. The van der Waals surface area contributed by atoms with Crippen LogP contribution in [-0.2, 0) is 31.3 Å². The van der Waals surface area contributed by atoms with Crippen molar-refractivity contribution in [2.45, 2.75) is 52.4 Å². The molecule has 0 radical (unpaired) electrons. The molecule has 0 heterocycles. The number of benzene rings is 2. The van der Waals surface area contributed by atoms with Gasteiger partial charge in [0.15, 0.2) is 0 Å². The molecule has 9 heteroatoms. The second-order valence-corrected chi connectivity index (χ2v) is 6.37. The van der Waals surface area contributed by atoms with Gasteiger partial charge in [-0.05, 0) is 24.2 Å². The Balaban J connectivity index is 0.000000562. The fourth-order valence-electron chi connectivity index (χ4n) is 2.18. The molecule has 2 amide bonds. The van der Waals surface area contributed by atoms with Gasteiger partial charge in [-0.1, -0.05) is 26.7 Å². The van der Waals surface area contributed by atoms with Gasteiger partial charge >= 0.3 is 21.7 Å². The van der Waals surface area contributed by atoms with Gasteiger partial charge in [-0.15, -0.1) is 36.4 Å². The zero-order chi connectivity index (χ0) is 22.5. The van der Waals surface area contributed by atoms with Crippen molar-refractivity contribution in [1.82, 2.24) is 0 Å². The van der Waals surface area contributed by atoms with Gasteiger partial charge in [0.1, 0.15) is 0 Å². The number of unbranched alkanes of at least 4 members (excludes halogenated alkanes) is 2. The Hall–Kier alpha value is -2.19. The number of amides is 2. The van der Waals surface area contributed by atoms with Crippen LogP contribution >= 0.6 is 0 Å². The molecule has 166 valence electrons. The first-order chi connectivity index (χ1) is 14.3. The zero-order valence-corrected chi connectivity index (χ0v) is 18.9. The van der Waals surface area contributed by atoms with E-state index < -0.39 is 23.3 Å². The maximum atomic E-state index is 13.0. The predicted octanol–water partition coefficient (Wildman–Crippen LogP) is 5.78. The second-order valence-electron chi connectivity index (χ2n) is 6.37. The molecule has 2 aromatic carbocycles. The van der Waals surface area contributed by atoms with Crippen molar-refractivity contribution in [3.63, 3.8) is 0 Å². The Morgan fingerprint density at radius 2 is 1.10 bits per heavy atom. The first-order valence-corrected chi connectivity index (χ1v) is 9.61. The average molecular weight is 472 g/mol. The van der Waals surface area contributed by atoms with Crippen molar-refractivity contribution in [3.8, 4) is 0 Å². The van der Waals surface area contributed by atoms with Gasteiger partial charge in [0.05, 0.1) is 0 Å². The van der Waals surface area contributed by atoms with E-state index in [1.165, 1.54) is 12.1 Å². The molecule has 0 saturated carbocycles.